The Bertz CT molecular complexity index is 1330. The molecule has 2 aromatic heterocycles. The number of hydrogen-bond donors (Lipinski definition) is 0. The number of rotatable bonds is 12. The van der Waals surface area contributed by atoms with Gasteiger partial charge in [0.15, 0.2) is 0 Å². The number of hydrogen-bond acceptors (Lipinski definition) is 7. The van der Waals surface area contributed by atoms with E-state index in [1.807, 2.05) is 38.2 Å². The van der Waals surface area contributed by atoms with Gasteiger partial charge in [-0.2, -0.15) is 0 Å². The smallest absolute Gasteiger partial charge is 0.226 e. The van der Waals surface area contributed by atoms with Gasteiger partial charge in [-0.1, -0.05) is 19.9 Å². The molecule has 0 bridgehead atoms. The molecule has 0 N–H and O–H groups in total. The summed E-state index contributed by atoms with van der Waals surface area (Å²) in [5.41, 5.74) is 3.48. The van der Waals surface area contributed by atoms with E-state index in [0.29, 0.717) is 31.1 Å². The third-order valence-electron chi connectivity index (χ3n) is 7.58. The Morgan fingerprint density at radius 3 is 2.69 bits per heavy atom. The lowest BCUT2D eigenvalue weighted by atomic mass is 9.96. The van der Waals surface area contributed by atoms with Crippen LogP contribution < -0.4 is 9.47 Å². The molecular weight excluding hydrogens is 510 g/mol. The van der Waals surface area contributed by atoms with E-state index in [1.165, 1.54) is 0 Å². The number of aldehydes is 1. The molecule has 8 heteroatoms. The third-order valence-corrected chi connectivity index (χ3v) is 8.46. The first-order valence-corrected chi connectivity index (χ1v) is 14.6. The molecule has 208 valence electrons. The van der Waals surface area contributed by atoms with Gasteiger partial charge in [0.2, 0.25) is 5.91 Å². The number of allylic oxidation sites excluding steroid dienone is 1. The average Bonchev–Trinajstić information content (AvgIpc) is 3.59. The molecule has 1 aliphatic rings. The van der Waals surface area contributed by atoms with Gasteiger partial charge < -0.3 is 19.2 Å². The number of unbranched alkanes of at least 4 members (excludes halogenated alkanes) is 2. The number of methoxy groups -OCH3 is 1. The number of pyridine rings is 1. The summed E-state index contributed by atoms with van der Waals surface area (Å²) in [6.45, 7) is 10.7. The number of aryl methyl sites for hydroxylation is 1. The molecule has 7 nitrogen and oxygen atoms in total. The fourth-order valence-electron chi connectivity index (χ4n) is 5.24. The second-order valence-corrected chi connectivity index (χ2v) is 11.5. The van der Waals surface area contributed by atoms with Crippen molar-refractivity contribution in [2.45, 2.75) is 64.9 Å². The summed E-state index contributed by atoms with van der Waals surface area (Å²) in [7, 11) is 3.47. The Morgan fingerprint density at radius 2 is 2.03 bits per heavy atom. The normalized spacial score (nSPS) is 18.9. The lowest BCUT2D eigenvalue weighted by molar-refractivity contribution is -0.137. The maximum atomic E-state index is 13.3. The van der Waals surface area contributed by atoms with Crippen molar-refractivity contribution >= 4 is 34.4 Å². The van der Waals surface area contributed by atoms with Gasteiger partial charge in [-0.3, -0.25) is 4.79 Å². The Labute approximate surface area is 235 Å². The fraction of sp³-hybridized carbons (Fsp3) is 0.484. The van der Waals surface area contributed by atoms with Gasteiger partial charge >= 0.3 is 0 Å². The van der Waals surface area contributed by atoms with E-state index in [4.69, 9.17) is 19.4 Å². The highest BCUT2D eigenvalue weighted by Gasteiger charge is 2.41. The van der Waals surface area contributed by atoms with E-state index in [9.17, 15) is 9.59 Å². The molecule has 39 heavy (non-hydrogen) atoms. The molecule has 1 aliphatic carbocycles. The topological polar surface area (TPSA) is 81.6 Å². The van der Waals surface area contributed by atoms with Crippen LogP contribution in [0.4, 0.5) is 0 Å². The van der Waals surface area contributed by atoms with E-state index in [2.05, 4.69) is 25.8 Å². The second-order valence-electron chi connectivity index (χ2n) is 10.7. The van der Waals surface area contributed by atoms with E-state index in [0.717, 1.165) is 64.2 Å². The summed E-state index contributed by atoms with van der Waals surface area (Å²) in [5, 5.41) is 3.77. The van der Waals surface area contributed by atoms with Crippen LogP contribution in [-0.2, 0) is 9.59 Å². The summed E-state index contributed by atoms with van der Waals surface area (Å²) in [5.74, 6) is 1.04. The molecule has 1 aromatic carbocycles. The number of aromatic nitrogens is 2. The number of thiazole rings is 1. The van der Waals surface area contributed by atoms with Crippen molar-refractivity contribution in [1.82, 2.24) is 14.9 Å². The van der Waals surface area contributed by atoms with Crippen molar-refractivity contribution in [3.05, 3.63) is 47.5 Å². The van der Waals surface area contributed by atoms with Gasteiger partial charge in [0, 0.05) is 41.9 Å². The van der Waals surface area contributed by atoms with Crippen LogP contribution in [0.15, 0.2) is 36.2 Å². The van der Waals surface area contributed by atoms with Gasteiger partial charge in [0.05, 0.1) is 24.2 Å². The molecule has 4 rings (SSSR count). The quantitative estimate of drug-likeness (QED) is 0.144. The summed E-state index contributed by atoms with van der Waals surface area (Å²) < 4.78 is 12.2. The van der Waals surface area contributed by atoms with Crippen LogP contribution in [0.2, 0.25) is 0 Å². The first-order valence-electron chi connectivity index (χ1n) is 13.7. The highest BCUT2D eigenvalue weighted by molar-refractivity contribution is 7.13. The molecule has 3 atom stereocenters. The lowest BCUT2D eigenvalue weighted by Crippen LogP contribution is -2.35. The first kappa shape index (κ1) is 28.7. The zero-order valence-corrected chi connectivity index (χ0v) is 24.4. The van der Waals surface area contributed by atoms with Crippen molar-refractivity contribution in [1.29, 1.82) is 0 Å². The van der Waals surface area contributed by atoms with Crippen LogP contribution >= 0.6 is 11.3 Å². The van der Waals surface area contributed by atoms with Crippen LogP contribution in [-0.4, -0.2) is 53.9 Å². The zero-order chi connectivity index (χ0) is 28.1. The Balaban J connectivity index is 1.62. The molecule has 1 amide bonds. The Morgan fingerprint density at radius 1 is 1.23 bits per heavy atom. The minimum atomic E-state index is -0.376. The maximum Gasteiger partial charge on any atom is 0.226 e. The van der Waals surface area contributed by atoms with Crippen molar-refractivity contribution in [3.63, 3.8) is 0 Å². The molecule has 1 saturated carbocycles. The predicted octanol–water partition coefficient (Wildman–Crippen LogP) is 6.59. The molecule has 1 fully saturated rings. The molecular formula is C31H39N3O4S. The molecule has 3 aromatic rings. The second kappa shape index (κ2) is 12.7. The SMILES string of the molecule is C=CCCCCN(C)C(=O)[C@@H]1C[C@H](Oc2cc(-c3nc(C(C)C)cs3)nc3c(C)c(OC)ccc23)C[C@H]1C=O. The minimum Gasteiger partial charge on any atom is -0.496 e. The summed E-state index contributed by atoms with van der Waals surface area (Å²) >= 11 is 1.57. The fourth-order valence-corrected chi connectivity index (χ4v) is 6.18. The molecule has 2 heterocycles. The molecule has 0 unspecified atom stereocenters. The number of nitrogens with zero attached hydrogens (tertiary/aromatic N) is 3. The highest BCUT2D eigenvalue weighted by atomic mass is 32.1. The largest absolute Gasteiger partial charge is 0.496 e. The predicted molar refractivity (Wildman–Crippen MR) is 157 cm³/mol. The zero-order valence-electron chi connectivity index (χ0n) is 23.6. The number of fused-ring (bicyclic) bond motifs is 1. The van der Waals surface area contributed by atoms with Crippen LogP contribution in [0, 0.1) is 18.8 Å². The van der Waals surface area contributed by atoms with E-state index < -0.39 is 0 Å². The van der Waals surface area contributed by atoms with Crippen molar-refractivity contribution in [2.24, 2.45) is 11.8 Å². The van der Waals surface area contributed by atoms with Gasteiger partial charge in [0.1, 0.15) is 34.6 Å². The standard InChI is InChI=1S/C31H39N3O4S/c1-7-8-9-10-13-34(5)31(36)24-15-22(14-21(24)17-35)38-28-16-25(30-33-26(18-39-30)19(2)3)32-29-20(4)27(37-6)12-11-23(28)29/h7,11-12,16-19,21-22,24H,1,8-10,13-15H2,2-6H3/t21-,22+,24+/m0/s1. The van der Waals surface area contributed by atoms with Crippen LogP contribution in [0.5, 0.6) is 11.5 Å². The number of carbonyl (C=O) groups excluding carboxylic acids is 2. The summed E-state index contributed by atoms with van der Waals surface area (Å²) in [4.78, 5) is 36.8. The van der Waals surface area contributed by atoms with Gasteiger partial charge in [-0.15, -0.1) is 17.9 Å². The Hall–Kier alpha value is -3.26. The van der Waals surface area contributed by atoms with Gasteiger partial charge in [-0.05, 0) is 57.1 Å². The Kier molecular flexibility index (Phi) is 9.38. The molecule has 0 saturated heterocycles. The number of carbonyl (C=O) groups is 2. The molecule has 0 aliphatic heterocycles. The molecule has 0 radical (unpaired) electrons. The number of ether oxygens (including phenoxy) is 2. The van der Waals surface area contributed by atoms with Crippen LogP contribution in [0.3, 0.4) is 0 Å². The van der Waals surface area contributed by atoms with E-state index >= 15 is 0 Å². The minimum absolute atomic E-state index is 0.0154. The van der Waals surface area contributed by atoms with Crippen LogP contribution in [0.1, 0.15) is 63.1 Å². The van der Waals surface area contributed by atoms with Gasteiger partial charge in [0.25, 0.3) is 0 Å². The summed E-state index contributed by atoms with van der Waals surface area (Å²) in [6.07, 6.45) is 6.41. The van der Waals surface area contributed by atoms with Crippen molar-refractivity contribution in [3.8, 4) is 22.2 Å². The lowest BCUT2D eigenvalue weighted by Gasteiger charge is -2.23. The maximum absolute atomic E-state index is 13.3. The number of benzene rings is 1. The van der Waals surface area contributed by atoms with E-state index in [1.54, 1.807) is 23.3 Å². The van der Waals surface area contributed by atoms with Gasteiger partial charge in [-0.25, -0.2) is 9.97 Å². The van der Waals surface area contributed by atoms with E-state index in [-0.39, 0.29) is 23.8 Å². The highest BCUT2D eigenvalue weighted by Crippen LogP contribution is 2.40. The summed E-state index contributed by atoms with van der Waals surface area (Å²) in [6, 6.07) is 5.82. The monoisotopic (exact) mass is 549 g/mol. The van der Waals surface area contributed by atoms with Crippen LogP contribution in [0.25, 0.3) is 21.6 Å². The average molecular weight is 550 g/mol. The first-order chi connectivity index (χ1) is 18.8. The molecule has 0 spiro atoms. The third kappa shape index (κ3) is 6.32. The number of amides is 1. The van der Waals surface area contributed by atoms with Crippen molar-refractivity contribution in [2.75, 3.05) is 20.7 Å². The van der Waals surface area contributed by atoms with Crippen molar-refractivity contribution < 1.29 is 19.1 Å².